The zero-order chi connectivity index (χ0) is 10.9. The molecule has 2 nitrogen and oxygen atoms in total. The van der Waals surface area contributed by atoms with Gasteiger partial charge in [-0.05, 0) is 40.4 Å². The maximum Gasteiger partial charge on any atom is 0.218 e. The molecule has 1 aliphatic heterocycles. The van der Waals surface area contributed by atoms with Crippen molar-refractivity contribution in [3.05, 3.63) is 39.7 Å². The van der Waals surface area contributed by atoms with Crippen molar-refractivity contribution >= 4 is 33.2 Å². The third-order valence-corrected chi connectivity index (χ3v) is 3.16. The summed E-state index contributed by atoms with van der Waals surface area (Å²) in [5, 5.41) is 1.90. The van der Waals surface area contributed by atoms with Gasteiger partial charge in [-0.2, -0.15) is 4.39 Å². The molecular weight excluding hydrogens is 279 g/mol. The first-order valence-corrected chi connectivity index (χ1v) is 6.04. The number of pyridine rings is 1. The third kappa shape index (κ3) is 2.13. The van der Waals surface area contributed by atoms with Crippen LogP contribution >= 0.6 is 27.7 Å². The Hall–Kier alpha value is -0.680. The summed E-state index contributed by atoms with van der Waals surface area (Å²) >= 11 is 4.75. The average molecular weight is 287 g/mol. The summed E-state index contributed by atoms with van der Waals surface area (Å²) in [6.45, 7) is 1.85. The highest BCUT2D eigenvalue weighted by Gasteiger charge is 2.27. The summed E-state index contributed by atoms with van der Waals surface area (Å²) in [4.78, 5) is 7.95. The van der Waals surface area contributed by atoms with Gasteiger partial charge in [0, 0.05) is 16.2 Å². The Morgan fingerprint density at radius 3 is 3.00 bits per heavy atom. The van der Waals surface area contributed by atoms with Crippen molar-refractivity contribution in [1.82, 2.24) is 4.98 Å². The molecule has 0 fully saturated rings. The number of aromatic nitrogens is 1. The van der Waals surface area contributed by atoms with E-state index in [0.717, 1.165) is 4.47 Å². The maximum absolute atomic E-state index is 13.6. The Labute approximate surface area is 99.8 Å². The molecule has 2 heterocycles. The predicted molar refractivity (Wildman–Crippen MR) is 64.5 cm³/mol. The molecule has 0 saturated heterocycles. The number of aliphatic imine (C=N–C) groups is 1. The van der Waals surface area contributed by atoms with Crippen LogP contribution in [0.1, 0.15) is 12.5 Å². The van der Waals surface area contributed by atoms with Crippen LogP contribution in [0, 0.1) is 5.95 Å². The summed E-state index contributed by atoms with van der Waals surface area (Å²) < 4.78 is 14.3. The van der Waals surface area contributed by atoms with Gasteiger partial charge >= 0.3 is 0 Å². The van der Waals surface area contributed by atoms with Gasteiger partial charge in [-0.3, -0.25) is 4.99 Å². The van der Waals surface area contributed by atoms with Crippen molar-refractivity contribution in [2.24, 2.45) is 4.99 Å². The van der Waals surface area contributed by atoms with E-state index in [1.807, 2.05) is 18.4 Å². The SMILES string of the molecule is C[C@@]1(c2cc(Br)cnc2F)C=CSC=N1. The summed E-state index contributed by atoms with van der Waals surface area (Å²) in [5.74, 6) is -0.477. The van der Waals surface area contributed by atoms with Crippen LogP contribution in [-0.2, 0) is 5.54 Å². The summed E-state index contributed by atoms with van der Waals surface area (Å²) in [6, 6.07) is 1.71. The number of hydrogen-bond donors (Lipinski definition) is 0. The lowest BCUT2D eigenvalue weighted by Crippen LogP contribution is -2.19. The molecule has 0 radical (unpaired) electrons. The smallest absolute Gasteiger partial charge is 0.218 e. The number of thioether (sulfide) groups is 1. The van der Waals surface area contributed by atoms with E-state index >= 15 is 0 Å². The lowest BCUT2D eigenvalue weighted by atomic mass is 9.94. The van der Waals surface area contributed by atoms with Gasteiger partial charge in [-0.1, -0.05) is 11.8 Å². The Morgan fingerprint density at radius 1 is 1.53 bits per heavy atom. The Balaban J connectivity index is 2.52. The van der Waals surface area contributed by atoms with E-state index < -0.39 is 11.5 Å². The van der Waals surface area contributed by atoms with Crippen LogP contribution in [0.4, 0.5) is 4.39 Å². The highest BCUT2D eigenvalue weighted by atomic mass is 79.9. The molecule has 2 rings (SSSR count). The monoisotopic (exact) mass is 286 g/mol. The topological polar surface area (TPSA) is 25.2 Å². The van der Waals surface area contributed by atoms with Gasteiger partial charge < -0.3 is 0 Å². The highest BCUT2D eigenvalue weighted by molar-refractivity contribution is 9.10. The van der Waals surface area contributed by atoms with E-state index in [2.05, 4.69) is 25.9 Å². The first kappa shape index (κ1) is 10.8. The van der Waals surface area contributed by atoms with Crippen LogP contribution in [0.15, 0.2) is 33.2 Å². The molecule has 1 atom stereocenters. The highest BCUT2D eigenvalue weighted by Crippen LogP contribution is 2.33. The Morgan fingerprint density at radius 2 is 2.33 bits per heavy atom. The predicted octanol–water partition coefficient (Wildman–Crippen LogP) is 3.49. The number of halogens is 2. The molecule has 1 aliphatic rings. The van der Waals surface area contributed by atoms with Crippen molar-refractivity contribution in [3.63, 3.8) is 0 Å². The van der Waals surface area contributed by atoms with Gasteiger partial charge in [0.15, 0.2) is 0 Å². The van der Waals surface area contributed by atoms with E-state index in [1.54, 1.807) is 11.6 Å². The molecule has 78 valence electrons. The molecule has 0 bridgehead atoms. The largest absolute Gasteiger partial charge is 0.271 e. The van der Waals surface area contributed by atoms with Crippen molar-refractivity contribution in [2.45, 2.75) is 12.5 Å². The van der Waals surface area contributed by atoms with Crippen LogP contribution in [-0.4, -0.2) is 10.5 Å². The Kier molecular flexibility index (Phi) is 2.93. The lowest BCUT2D eigenvalue weighted by Gasteiger charge is -2.23. The maximum atomic E-state index is 13.6. The van der Waals surface area contributed by atoms with Gasteiger partial charge in [-0.25, -0.2) is 4.98 Å². The van der Waals surface area contributed by atoms with Gasteiger partial charge in [0.05, 0.1) is 5.55 Å². The van der Waals surface area contributed by atoms with Gasteiger partial charge in [-0.15, -0.1) is 0 Å². The first-order chi connectivity index (χ1) is 7.12. The molecule has 0 aliphatic carbocycles. The van der Waals surface area contributed by atoms with Crippen molar-refractivity contribution in [3.8, 4) is 0 Å². The van der Waals surface area contributed by atoms with Crippen LogP contribution in [0.5, 0.6) is 0 Å². The fraction of sp³-hybridized carbons (Fsp3) is 0.200. The third-order valence-electron chi connectivity index (χ3n) is 2.20. The van der Waals surface area contributed by atoms with E-state index in [-0.39, 0.29) is 0 Å². The first-order valence-electron chi connectivity index (χ1n) is 4.30. The average Bonchev–Trinajstić information content (AvgIpc) is 2.23. The quantitative estimate of drug-likeness (QED) is 0.739. The van der Waals surface area contributed by atoms with Crippen LogP contribution in [0.25, 0.3) is 0 Å². The zero-order valence-corrected chi connectivity index (χ0v) is 10.3. The van der Waals surface area contributed by atoms with Crippen LogP contribution < -0.4 is 0 Å². The second kappa shape index (κ2) is 4.06. The molecule has 1 aromatic heterocycles. The minimum atomic E-state index is -0.647. The molecule has 15 heavy (non-hydrogen) atoms. The van der Waals surface area contributed by atoms with E-state index in [0.29, 0.717) is 5.56 Å². The van der Waals surface area contributed by atoms with Crippen LogP contribution in [0.2, 0.25) is 0 Å². The van der Waals surface area contributed by atoms with E-state index in [9.17, 15) is 4.39 Å². The normalized spacial score (nSPS) is 24.5. The van der Waals surface area contributed by atoms with Gasteiger partial charge in [0.1, 0.15) is 5.54 Å². The number of rotatable bonds is 1. The molecule has 5 heteroatoms. The molecule has 1 aromatic rings. The zero-order valence-electron chi connectivity index (χ0n) is 7.95. The molecule has 0 amide bonds. The van der Waals surface area contributed by atoms with Crippen molar-refractivity contribution in [1.29, 1.82) is 0 Å². The fourth-order valence-electron chi connectivity index (χ4n) is 1.33. The molecule has 0 spiro atoms. The van der Waals surface area contributed by atoms with Gasteiger partial charge in [0.2, 0.25) is 5.95 Å². The summed E-state index contributed by atoms with van der Waals surface area (Å²) in [5.41, 5.74) is 1.54. The van der Waals surface area contributed by atoms with Gasteiger partial charge in [0.25, 0.3) is 0 Å². The molecule has 0 aromatic carbocycles. The molecule has 0 saturated carbocycles. The lowest BCUT2D eigenvalue weighted by molar-refractivity contribution is 0.517. The van der Waals surface area contributed by atoms with E-state index in [1.165, 1.54) is 18.0 Å². The molecule has 0 N–H and O–H groups in total. The fourth-order valence-corrected chi connectivity index (χ4v) is 2.35. The van der Waals surface area contributed by atoms with E-state index in [4.69, 9.17) is 0 Å². The van der Waals surface area contributed by atoms with Crippen molar-refractivity contribution in [2.75, 3.05) is 0 Å². The summed E-state index contributed by atoms with van der Waals surface area (Å²) in [6.07, 6.45) is 3.30. The molecule has 0 unspecified atom stereocenters. The second-order valence-electron chi connectivity index (χ2n) is 3.31. The number of hydrogen-bond acceptors (Lipinski definition) is 3. The Bertz CT molecular complexity index is 433. The van der Waals surface area contributed by atoms with Crippen LogP contribution in [0.3, 0.4) is 0 Å². The number of nitrogens with zero attached hydrogens (tertiary/aromatic N) is 2. The standard InChI is InChI=1S/C10H8BrFN2S/c1-10(2-3-15-6-14-10)8-4-7(11)5-13-9(8)12/h2-6H,1H3/t10-/m0/s1. The van der Waals surface area contributed by atoms with Crippen molar-refractivity contribution < 1.29 is 4.39 Å². The minimum absolute atomic E-state index is 0.477. The minimum Gasteiger partial charge on any atom is -0.271 e. The second-order valence-corrected chi connectivity index (χ2v) is 4.98. The summed E-state index contributed by atoms with van der Waals surface area (Å²) in [7, 11) is 0. The molecular formula is C10H8BrFN2S.